The van der Waals surface area contributed by atoms with E-state index in [2.05, 4.69) is 10.6 Å². The zero-order valence-corrected chi connectivity index (χ0v) is 12.4. The summed E-state index contributed by atoms with van der Waals surface area (Å²) in [6.07, 6.45) is 1.86. The molecule has 0 amide bonds. The van der Waals surface area contributed by atoms with Crippen molar-refractivity contribution < 1.29 is 8.42 Å². The van der Waals surface area contributed by atoms with Crippen molar-refractivity contribution >= 4 is 33.0 Å². The maximum Gasteiger partial charge on any atom is 0.243 e. The smallest absolute Gasteiger partial charge is 0.243 e. The van der Waals surface area contributed by atoms with Crippen molar-refractivity contribution in [3.63, 3.8) is 0 Å². The predicted molar refractivity (Wildman–Crippen MR) is 79.7 cm³/mol. The molecule has 1 fully saturated rings. The third-order valence-electron chi connectivity index (χ3n) is 3.02. The molecular formula is C12H17N3O2S2. The SMILES string of the molecule is CNC(=S)Nc1cccc(S(=O)(=O)N2CCCC2)c1. The molecule has 1 aliphatic heterocycles. The van der Waals surface area contributed by atoms with Gasteiger partial charge in [-0.15, -0.1) is 0 Å². The van der Waals surface area contributed by atoms with Gasteiger partial charge in [-0.05, 0) is 43.3 Å². The minimum absolute atomic E-state index is 0.304. The van der Waals surface area contributed by atoms with E-state index in [1.165, 1.54) is 4.31 Å². The molecule has 2 rings (SSSR count). The van der Waals surface area contributed by atoms with Gasteiger partial charge in [-0.25, -0.2) is 8.42 Å². The first-order valence-corrected chi connectivity index (χ1v) is 7.98. The highest BCUT2D eigenvalue weighted by molar-refractivity contribution is 7.89. The summed E-state index contributed by atoms with van der Waals surface area (Å²) < 4.78 is 26.3. The number of benzene rings is 1. The highest BCUT2D eigenvalue weighted by Crippen LogP contribution is 2.22. The molecule has 0 aliphatic carbocycles. The van der Waals surface area contributed by atoms with Gasteiger partial charge in [0.1, 0.15) is 0 Å². The molecule has 2 N–H and O–H groups in total. The average Bonchev–Trinajstić information content (AvgIpc) is 2.93. The number of rotatable bonds is 3. The van der Waals surface area contributed by atoms with E-state index >= 15 is 0 Å². The first-order valence-electron chi connectivity index (χ1n) is 6.13. The van der Waals surface area contributed by atoms with Crippen molar-refractivity contribution in [1.29, 1.82) is 0 Å². The Labute approximate surface area is 119 Å². The molecule has 0 atom stereocenters. The van der Waals surface area contributed by atoms with Crippen molar-refractivity contribution in [2.75, 3.05) is 25.5 Å². The molecule has 1 heterocycles. The summed E-state index contributed by atoms with van der Waals surface area (Å²) in [6.45, 7) is 1.21. The molecule has 0 spiro atoms. The van der Waals surface area contributed by atoms with Gasteiger partial charge in [-0.3, -0.25) is 0 Å². The summed E-state index contributed by atoms with van der Waals surface area (Å²) >= 11 is 5.00. The minimum atomic E-state index is -3.37. The number of thiocarbonyl (C=S) groups is 1. The quantitative estimate of drug-likeness (QED) is 0.826. The first kappa shape index (κ1) is 14.2. The summed E-state index contributed by atoms with van der Waals surface area (Å²) in [7, 11) is -1.67. The van der Waals surface area contributed by atoms with Crippen LogP contribution in [0.4, 0.5) is 5.69 Å². The van der Waals surface area contributed by atoms with Gasteiger partial charge in [0.2, 0.25) is 10.0 Å². The number of sulfonamides is 1. The maximum absolute atomic E-state index is 12.4. The highest BCUT2D eigenvalue weighted by atomic mass is 32.2. The molecule has 0 saturated carbocycles. The maximum atomic E-state index is 12.4. The molecule has 104 valence electrons. The van der Waals surface area contributed by atoms with Gasteiger partial charge in [0.25, 0.3) is 0 Å². The topological polar surface area (TPSA) is 61.4 Å². The van der Waals surface area contributed by atoms with E-state index in [9.17, 15) is 8.42 Å². The molecule has 1 saturated heterocycles. The van der Waals surface area contributed by atoms with Crippen LogP contribution >= 0.6 is 12.2 Å². The minimum Gasteiger partial charge on any atom is -0.366 e. The summed E-state index contributed by atoms with van der Waals surface area (Å²) in [5.74, 6) is 0. The predicted octanol–water partition coefficient (Wildman–Crippen LogP) is 1.39. The Morgan fingerprint density at radius 2 is 2.00 bits per heavy atom. The van der Waals surface area contributed by atoms with Crippen LogP contribution in [0.25, 0.3) is 0 Å². The number of hydrogen-bond acceptors (Lipinski definition) is 3. The third kappa shape index (κ3) is 3.23. The van der Waals surface area contributed by atoms with E-state index in [1.807, 2.05) is 0 Å². The highest BCUT2D eigenvalue weighted by Gasteiger charge is 2.27. The molecule has 0 aromatic heterocycles. The van der Waals surface area contributed by atoms with Gasteiger partial charge in [-0.1, -0.05) is 6.07 Å². The molecule has 7 heteroatoms. The van der Waals surface area contributed by atoms with Crippen molar-refractivity contribution in [2.45, 2.75) is 17.7 Å². The fraction of sp³-hybridized carbons (Fsp3) is 0.417. The summed E-state index contributed by atoms with van der Waals surface area (Å²) in [6, 6.07) is 6.72. The largest absolute Gasteiger partial charge is 0.366 e. The van der Waals surface area contributed by atoms with Gasteiger partial charge < -0.3 is 10.6 Å². The molecule has 19 heavy (non-hydrogen) atoms. The fourth-order valence-corrected chi connectivity index (χ4v) is 3.69. The molecule has 1 aromatic rings. The Morgan fingerprint density at radius 3 is 2.63 bits per heavy atom. The Balaban J connectivity index is 2.25. The van der Waals surface area contributed by atoms with E-state index in [1.54, 1.807) is 31.3 Å². The van der Waals surface area contributed by atoms with E-state index in [-0.39, 0.29) is 0 Å². The Kier molecular flexibility index (Phi) is 4.38. The monoisotopic (exact) mass is 299 g/mol. The van der Waals surface area contributed by atoms with E-state index < -0.39 is 10.0 Å². The van der Waals surface area contributed by atoms with Crippen LogP contribution in [0.3, 0.4) is 0 Å². The van der Waals surface area contributed by atoms with Crippen LogP contribution in [-0.4, -0.2) is 38.0 Å². The molecule has 0 unspecified atom stereocenters. The second-order valence-corrected chi connectivity index (χ2v) is 6.69. The summed E-state index contributed by atoms with van der Waals surface area (Å²) in [5, 5.41) is 6.17. The zero-order chi connectivity index (χ0) is 13.9. The Morgan fingerprint density at radius 1 is 1.32 bits per heavy atom. The third-order valence-corrected chi connectivity index (χ3v) is 5.22. The second kappa shape index (κ2) is 5.85. The normalized spacial score (nSPS) is 16.3. The van der Waals surface area contributed by atoms with Crippen LogP contribution in [0.15, 0.2) is 29.2 Å². The van der Waals surface area contributed by atoms with Gasteiger partial charge in [-0.2, -0.15) is 4.31 Å². The average molecular weight is 299 g/mol. The van der Waals surface area contributed by atoms with Crippen molar-refractivity contribution in [2.24, 2.45) is 0 Å². The summed E-state index contributed by atoms with van der Waals surface area (Å²) in [4.78, 5) is 0.304. The number of nitrogens with one attached hydrogen (secondary N) is 2. The lowest BCUT2D eigenvalue weighted by Gasteiger charge is -2.16. The van der Waals surface area contributed by atoms with E-state index in [4.69, 9.17) is 12.2 Å². The number of nitrogens with zero attached hydrogens (tertiary/aromatic N) is 1. The Bertz CT molecular complexity index is 566. The number of anilines is 1. The van der Waals surface area contributed by atoms with Crippen LogP contribution < -0.4 is 10.6 Å². The molecule has 1 aromatic carbocycles. The molecule has 5 nitrogen and oxygen atoms in total. The van der Waals surface area contributed by atoms with Crippen LogP contribution in [0, 0.1) is 0 Å². The lowest BCUT2D eigenvalue weighted by Crippen LogP contribution is -2.28. The number of hydrogen-bond donors (Lipinski definition) is 2. The lowest BCUT2D eigenvalue weighted by molar-refractivity contribution is 0.477. The molecule has 0 bridgehead atoms. The molecule has 0 radical (unpaired) electrons. The van der Waals surface area contributed by atoms with E-state index in [0.29, 0.717) is 28.8 Å². The van der Waals surface area contributed by atoms with Gasteiger partial charge >= 0.3 is 0 Å². The molecule has 1 aliphatic rings. The fourth-order valence-electron chi connectivity index (χ4n) is 2.01. The van der Waals surface area contributed by atoms with Crippen molar-refractivity contribution in [3.05, 3.63) is 24.3 Å². The summed E-state index contributed by atoms with van der Waals surface area (Å²) in [5.41, 5.74) is 0.666. The van der Waals surface area contributed by atoms with Crippen molar-refractivity contribution in [1.82, 2.24) is 9.62 Å². The van der Waals surface area contributed by atoms with Crippen LogP contribution in [0.2, 0.25) is 0 Å². The first-order chi connectivity index (χ1) is 9.04. The van der Waals surface area contributed by atoms with Gasteiger partial charge in [0.05, 0.1) is 4.90 Å². The second-order valence-electron chi connectivity index (χ2n) is 4.34. The van der Waals surface area contributed by atoms with E-state index in [0.717, 1.165) is 12.8 Å². The van der Waals surface area contributed by atoms with Gasteiger partial charge in [0, 0.05) is 25.8 Å². The standard InChI is InChI=1S/C12H17N3O2S2/c1-13-12(18)14-10-5-4-6-11(9-10)19(16,17)15-7-2-3-8-15/h4-6,9H,2-3,7-8H2,1H3,(H2,13,14,18). The lowest BCUT2D eigenvalue weighted by atomic mass is 10.3. The zero-order valence-electron chi connectivity index (χ0n) is 10.7. The van der Waals surface area contributed by atoms with Crippen LogP contribution in [0.1, 0.15) is 12.8 Å². The van der Waals surface area contributed by atoms with Crippen LogP contribution in [0.5, 0.6) is 0 Å². The Hall–Kier alpha value is -1.18. The van der Waals surface area contributed by atoms with Crippen LogP contribution in [-0.2, 0) is 10.0 Å². The van der Waals surface area contributed by atoms with Gasteiger partial charge in [0.15, 0.2) is 5.11 Å². The van der Waals surface area contributed by atoms with Crippen molar-refractivity contribution in [3.8, 4) is 0 Å². The molecular weight excluding hydrogens is 282 g/mol.